The molecule has 0 aromatic heterocycles. The molecule has 0 spiro atoms. The summed E-state index contributed by atoms with van der Waals surface area (Å²) in [5, 5.41) is 11.0. The van der Waals surface area contributed by atoms with Crippen LogP contribution in [0.3, 0.4) is 0 Å². The van der Waals surface area contributed by atoms with Gasteiger partial charge >= 0.3 is 5.97 Å². The lowest BCUT2D eigenvalue weighted by Crippen LogP contribution is -2.63. The van der Waals surface area contributed by atoms with Gasteiger partial charge in [0.2, 0.25) is 0 Å². The smallest absolute Gasteiger partial charge is 0.315 e. The van der Waals surface area contributed by atoms with Crippen LogP contribution in [0.4, 0.5) is 0 Å². The fraction of sp³-hybridized carbons (Fsp3) is 0.852. The van der Waals surface area contributed by atoms with Crippen molar-refractivity contribution in [1.82, 2.24) is 0 Å². The Balaban J connectivity index is 1.40. The highest BCUT2D eigenvalue weighted by molar-refractivity contribution is 5.90. The number of carboxylic acid groups (broad SMARTS) is 1. The molecule has 5 fully saturated rings. The fourth-order valence-electron chi connectivity index (χ4n) is 9.58. The van der Waals surface area contributed by atoms with Gasteiger partial charge in [0.05, 0.1) is 18.1 Å². The van der Waals surface area contributed by atoms with Gasteiger partial charge in [-0.15, -0.1) is 0 Å². The molecule has 0 aromatic rings. The first-order valence-electron chi connectivity index (χ1n) is 13.1. The molecule has 2 saturated heterocycles. The molecule has 7 nitrogen and oxygen atoms in total. The molecule has 3 saturated carbocycles. The Hall–Kier alpha value is -1.28. The predicted molar refractivity (Wildman–Crippen MR) is 122 cm³/mol. The van der Waals surface area contributed by atoms with Gasteiger partial charge in [0.15, 0.2) is 6.29 Å². The maximum Gasteiger partial charge on any atom is 0.315 e. The average molecular weight is 475 g/mol. The third kappa shape index (κ3) is 2.47. The molecule has 34 heavy (non-hydrogen) atoms. The number of epoxide rings is 1. The number of carboxylic acids is 1. The number of carbonyl (C=O) groups excluding carboxylic acids is 1. The molecule has 0 aromatic carbocycles. The van der Waals surface area contributed by atoms with E-state index in [0.717, 1.165) is 31.1 Å². The Morgan fingerprint density at radius 2 is 2.00 bits per heavy atom. The molecular weight excluding hydrogens is 436 g/mol. The van der Waals surface area contributed by atoms with Crippen molar-refractivity contribution in [3.05, 3.63) is 11.6 Å². The summed E-state index contributed by atoms with van der Waals surface area (Å²) in [6.45, 7) is 8.63. The Labute approximate surface area is 201 Å². The molecule has 2 heterocycles. The van der Waals surface area contributed by atoms with Gasteiger partial charge in [-0.3, -0.25) is 4.79 Å². The molecule has 12 atom stereocenters. The molecule has 4 aliphatic carbocycles. The van der Waals surface area contributed by atoms with Crippen LogP contribution in [0.2, 0.25) is 0 Å². The predicted octanol–water partition coefficient (Wildman–Crippen LogP) is 3.45. The van der Waals surface area contributed by atoms with E-state index < -0.39 is 28.5 Å². The number of aliphatic carboxylic acids is 1. The van der Waals surface area contributed by atoms with Crippen LogP contribution in [0.1, 0.15) is 53.4 Å². The van der Waals surface area contributed by atoms with E-state index in [0.29, 0.717) is 18.3 Å². The topological polar surface area (TPSA) is 94.6 Å². The lowest BCUT2D eigenvalue weighted by Gasteiger charge is -2.58. The molecule has 0 radical (unpaired) electrons. The van der Waals surface area contributed by atoms with Crippen molar-refractivity contribution < 1.29 is 33.6 Å². The van der Waals surface area contributed by atoms with Gasteiger partial charge in [-0.1, -0.05) is 38.8 Å². The highest BCUT2D eigenvalue weighted by Crippen LogP contribution is 2.82. The van der Waals surface area contributed by atoms with Crippen molar-refractivity contribution in [2.24, 2.45) is 45.8 Å². The van der Waals surface area contributed by atoms with E-state index in [1.54, 1.807) is 7.11 Å². The molecule has 188 valence electrons. The molecule has 7 heteroatoms. The van der Waals surface area contributed by atoms with Crippen molar-refractivity contribution in [3.8, 4) is 0 Å². The molecular formula is C27H38O7. The standard InChI is InChI=1S/C27H38O7/c1-13(2)19-8-16-9-25(11-28)18-7-6-14(3)17(18)10-26(16,27(19,25)24(29)30)12-32-23-22-21(34-22)20(31-5)15(4)33-23/h8,11,13-18,20-23H,6-7,9-10,12H2,1-5H3,(H,29,30)/t14-,15-,16+,17-,18-,20-,21+,22+,23-,25+,26+,27+/m1/s1. The minimum absolute atomic E-state index is 0.0210. The van der Waals surface area contributed by atoms with Crippen molar-refractivity contribution in [2.75, 3.05) is 13.7 Å². The first-order valence-corrected chi connectivity index (χ1v) is 13.1. The van der Waals surface area contributed by atoms with Crippen LogP contribution in [0.15, 0.2) is 11.6 Å². The maximum absolute atomic E-state index is 13.5. The number of allylic oxidation sites excluding steroid dienone is 1. The lowest BCUT2D eigenvalue weighted by molar-refractivity contribution is -0.237. The van der Waals surface area contributed by atoms with Crippen molar-refractivity contribution in [3.63, 3.8) is 0 Å². The Kier molecular flexibility index (Phi) is 5.02. The van der Waals surface area contributed by atoms with E-state index in [1.165, 1.54) is 0 Å². The number of fused-ring (bicyclic) bond motifs is 3. The van der Waals surface area contributed by atoms with E-state index in [2.05, 4.69) is 26.8 Å². The second-order valence-corrected chi connectivity index (χ2v) is 12.3. The summed E-state index contributed by atoms with van der Waals surface area (Å²) in [5.41, 5.74) is -1.79. The van der Waals surface area contributed by atoms with Crippen LogP contribution in [-0.4, -0.2) is 61.8 Å². The molecule has 6 rings (SSSR count). The summed E-state index contributed by atoms with van der Waals surface area (Å²) in [7, 11) is 1.66. The normalized spacial score (nSPS) is 54.5. The van der Waals surface area contributed by atoms with E-state index >= 15 is 0 Å². The van der Waals surface area contributed by atoms with Crippen molar-refractivity contribution in [1.29, 1.82) is 0 Å². The average Bonchev–Trinajstić information content (AvgIpc) is 3.39. The van der Waals surface area contributed by atoms with Gasteiger partial charge in [0, 0.05) is 12.5 Å². The van der Waals surface area contributed by atoms with E-state index in [4.69, 9.17) is 18.9 Å². The zero-order valence-corrected chi connectivity index (χ0v) is 20.9. The monoisotopic (exact) mass is 474 g/mol. The highest BCUT2D eigenvalue weighted by Gasteiger charge is 2.84. The third-order valence-electron chi connectivity index (χ3n) is 10.9. The van der Waals surface area contributed by atoms with Crippen LogP contribution in [0.5, 0.6) is 0 Å². The summed E-state index contributed by atoms with van der Waals surface area (Å²) in [5.74, 6) is 0.188. The zero-order chi connectivity index (χ0) is 24.2. The van der Waals surface area contributed by atoms with Gasteiger partial charge in [-0.25, -0.2) is 0 Å². The number of hydrogen-bond acceptors (Lipinski definition) is 6. The molecule has 4 bridgehead atoms. The number of hydrogen-bond donors (Lipinski definition) is 1. The first-order chi connectivity index (χ1) is 16.2. The quantitative estimate of drug-likeness (QED) is 0.343. The van der Waals surface area contributed by atoms with E-state index in [-0.39, 0.29) is 48.8 Å². The van der Waals surface area contributed by atoms with E-state index in [9.17, 15) is 14.7 Å². The molecule has 6 aliphatic rings. The summed E-state index contributed by atoms with van der Waals surface area (Å²) in [6, 6.07) is 0. The molecule has 1 N–H and O–H groups in total. The Morgan fingerprint density at radius 3 is 2.65 bits per heavy atom. The van der Waals surface area contributed by atoms with Gasteiger partial charge < -0.3 is 28.8 Å². The first kappa shape index (κ1) is 23.1. The SMILES string of the molecule is CO[C@H]1[C@@H]2O[C@@H]2[C@H](OC[C@@]23C[C@@H]4[C@H](C)CC[C@H]4[C@@]4(C=O)C[C@@H]2C=C(C(C)C)[C@@]34C(=O)O)O[C@@H]1C. The fourth-order valence-corrected chi connectivity index (χ4v) is 9.58. The number of methoxy groups -OCH3 is 1. The summed E-state index contributed by atoms with van der Waals surface area (Å²) in [6.07, 6.45) is 5.59. The van der Waals surface area contributed by atoms with Gasteiger partial charge in [0.25, 0.3) is 0 Å². The molecule has 2 aliphatic heterocycles. The summed E-state index contributed by atoms with van der Waals surface area (Å²) >= 11 is 0. The number of rotatable bonds is 7. The number of ether oxygens (including phenoxy) is 4. The largest absolute Gasteiger partial charge is 0.481 e. The maximum atomic E-state index is 13.5. The van der Waals surface area contributed by atoms with E-state index in [1.807, 2.05) is 6.92 Å². The Bertz CT molecular complexity index is 928. The molecule has 0 unspecified atom stereocenters. The zero-order valence-electron chi connectivity index (χ0n) is 20.9. The van der Waals surface area contributed by atoms with Crippen LogP contribution >= 0.6 is 0 Å². The van der Waals surface area contributed by atoms with Crippen LogP contribution in [0, 0.1) is 45.8 Å². The van der Waals surface area contributed by atoms with Gasteiger partial charge in [-0.05, 0) is 55.8 Å². The lowest BCUT2D eigenvalue weighted by atomic mass is 9.43. The molecule has 0 amide bonds. The second-order valence-electron chi connectivity index (χ2n) is 12.3. The van der Waals surface area contributed by atoms with Crippen LogP contribution in [0.25, 0.3) is 0 Å². The van der Waals surface area contributed by atoms with Gasteiger partial charge in [-0.2, -0.15) is 0 Å². The Morgan fingerprint density at radius 1 is 1.24 bits per heavy atom. The summed E-state index contributed by atoms with van der Waals surface area (Å²) < 4.78 is 24.0. The number of aldehydes is 1. The second kappa shape index (κ2) is 7.37. The van der Waals surface area contributed by atoms with Crippen molar-refractivity contribution >= 4 is 12.3 Å². The van der Waals surface area contributed by atoms with Gasteiger partial charge in [0.1, 0.15) is 30.0 Å². The third-order valence-corrected chi connectivity index (χ3v) is 10.9. The van der Waals surface area contributed by atoms with Crippen molar-refractivity contribution in [2.45, 2.75) is 84.1 Å². The highest BCUT2D eigenvalue weighted by atomic mass is 16.7. The van der Waals surface area contributed by atoms with Crippen LogP contribution < -0.4 is 0 Å². The van der Waals surface area contributed by atoms with Crippen LogP contribution in [-0.2, 0) is 28.5 Å². The minimum atomic E-state index is -1.22. The number of carbonyl (C=O) groups is 2. The minimum Gasteiger partial charge on any atom is -0.481 e. The summed E-state index contributed by atoms with van der Waals surface area (Å²) in [4.78, 5) is 26.6.